The van der Waals surface area contributed by atoms with E-state index in [4.69, 9.17) is 18.9 Å². The molecule has 0 aromatic heterocycles. The molecule has 234 valence electrons. The topological polar surface area (TPSA) is 77.5 Å². The summed E-state index contributed by atoms with van der Waals surface area (Å²) in [6, 6.07) is 0. The van der Waals surface area contributed by atoms with E-state index in [2.05, 4.69) is 13.8 Å². The molecule has 0 rings (SSSR count). The van der Waals surface area contributed by atoms with Gasteiger partial charge in [-0.3, -0.25) is 9.59 Å². The van der Waals surface area contributed by atoms with Crippen LogP contribution in [0.1, 0.15) is 107 Å². The molecule has 0 aromatic carbocycles. The predicted octanol–water partition coefficient (Wildman–Crippen LogP) is 2.83. The minimum Gasteiger partial charge on any atom is -1.00 e. The van der Waals surface area contributed by atoms with E-state index in [1.165, 1.54) is 38.5 Å². The molecule has 0 aliphatic heterocycles. The van der Waals surface area contributed by atoms with Gasteiger partial charge in [0.2, 0.25) is 11.8 Å². The molecule has 0 aromatic rings. The molecule has 0 unspecified atom stereocenters. The van der Waals surface area contributed by atoms with Gasteiger partial charge in [-0.05, 0) is 26.7 Å². The van der Waals surface area contributed by atoms with Crippen molar-refractivity contribution in [2.75, 3.05) is 79.0 Å². The molecule has 0 aliphatic rings. The third kappa shape index (κ3) is 24.0. The summed E-state index contributed by atoms with van der Waals surface area (Å²) in [6.07, 6.45) is 11.6. The molecule has 40 heavy (non-hydrogen) atoms. The van der Waals surface area contributed by atoms with Crippen LogP contribution in [0.2, 0.25) is 0 Å². The maximum Gasteiger partial charge on any atom is 1.00 e. The average Bonchev–Trinajstić information content (AvgIpc) is 2.90. The molecule has 0 radical (unpaired) electrons. The molecule has 2 amide bonds. The molecule has 0 aliphatic carbocycles. The van der Waals surface area contributed by atoms with Gasteiger partial charge in [0.15, 0.2) is 0 Å². The monoisotopic (exact) mass is 566 g/mol. The van der Waals surface area contributed by atoms with Gasteiger partial charge in [-0.25, -0.2) is 0 Å². The van der Waals surface area contributed by atoms with Crippen LogP contribution in [0.25, 0.3) is 0 Å². The van der Waals surface area contributed by atoms with Crippen LogP contribution in [0, 0.1) is 5.41 Å². The van der Waals surface area contributed by atoms with Crippen molar-refractivity contribution in [1.29, 1.82) is 0 Å². The molecule has 0 saturated carbocycles. The SMILES string of the molecule is CCCCCCCN(CCOCC)C(=O)COCC(C)(C)COCC(=O)N(CCCCCCC)CCOCC.[H-].[Li+]. The zero-order valence-corrected chi connectivity index (χ0v) is 27.4. The average molecular weight is 567 g/mol. The number of carbonyl (C=O) groups is 2. The molecule has 0 saturated heterocycles. The Morgan fingerprint density at radius 2 is 0.950 bits per heavy atom. The van der Waals surface area contributed by atoms with Gasteiger partial charge in [-0.1, -0.05) is 79.1 Å². The Bertz CT molecular complexity index is 553. The number of amides is 2. The third-order valence-corrected chi connectivity index (χ3v) is 6.62. The van der Waals surface area contributed by atoms with Crippen molar-refractivity contribution >= 4 is 11.8 Å². The van der Waals surface area contributed by atoms with Gasteiger partial charge in [-0.2, -0.15) is 0 Å². The van der Waals surface area contributed by atoms with Crippen LogP contribution in [0.4, 0.5) is 0 Å². The number of hydrogen-bond donors (Lipinski definition) is 0. The van der Waals surface area contributed by atoms with Gasteiger partial charge in [-0.15, -0.1) is 0 Å². The molecule has 0 spiro atoms. The molecular formula is C31H63LiN2O6. The number of hydrogen-bond acceptors (Lipinski definition) is 6. The predicted molar refractivity (Wildman–Crippen MR) is 160 cm³/mol. The zero-order chi connectivity index (χ0) is 29.2. The first-order valence-corrected chi connectivity index (χ1v) is 15.7. The first-order chi connectivity index (χ1) is 18.8. The van der Waals surface area contributed by atoms with Crippen LogP contribution in [0.15, 0.2) is 0 Å². The summed E-state index contributed by atoms with van der Waals surface area (Å²) < 4.78 is 22.6. The van der Waals surface area contributed by atoms with E-state index in [0.29, 0.717) is 52.7 Å². The molecule has 0 N–H and O–H groups in total. The van der Waals surface area contributed by atoms with Crippen molar-refractivity contribution in [3.05, 3.63) is 0 Å². The fraction of sp³-hybridized carbons (Fsp3) is 0.935. The van der Waals surface area contributed by atoms with E-state index in [-0.39, 0.29) is 50.7 Å². The Kier molecular flexibility index (Phi) is 29.6. The van der Waals surface area contributed by atoms with Crippen molar-refractivity contribution in [3.63, 3.8) is 0 Å². The fourth-order valence-corrected chi connectivity index (χ4v) is 4.23. The van der Waals surface area contributed by atoms with Crippen LogP contribution in [0.3, 0.4) is 0 Å². The normalized spacial score (nSPS) is 11.3. The summed E-state index contributed by atoms with van der Waals surface area (Å²) in [4.78, 5) is 29.4. The Hall–Kier alpha value is -0.623. The summed E-state index contributed by atoms with van der Waals surface area (Å²) >= 11 is 0. The minimum absolute atomic E-state index is 0. The minimum atomic E-state index is -0.312. The number of rotatable bonds is 28. The molecule has 0 fully saturated rings. The van der Waals surface area contributed by atoms with Crippen molar-refractivity contribution < 1.29 is 48.8 Å². The molecule has 9 heteroatoms. The zero-order valence-electron chi connectivity index (χ0n) is 28.4. The third-order valence-electron chi connectivity index (χ3n) is 6.62. The van der Waals surface area contributed by atoms with Crippen LogP contribution in [-0.2, 0) is 28.5 Å². The second kappa shape index (κ2) is 28.5. The van der Waals surface area contributed by atoms with Crippen LogP contribution < -0.4 is 18.9 Å². The van der Waals surface area contributed by atoms with E-state index in [1.54, 1.807) is 0 Å². The van der Waals surface area contributed by atoms with Crippen LogP contribution in [0.5, 0.6) is 0 Å². The van der Waals surface area contributed by atoms with Crippen molar-refractivity contribution in [3.8, 4) is 0 Å². The smallest absolute Gasteiger partial charge is 1.00 e. The maximum atomic E-state index is 12.8. The van der Waals surface area contributed by atoms with Gasteiger partial charge >= 0.3 is 18.9 Å². The number of unbranched alkanes of at least 4 members (excludes halogenated alkanes) is 8. The summed E-state index contributed by atoms with van der Waals surface area (Å²) in [5.74, 6) is 0.00179. The van der Waals surface area contributed by atoms with Gasteiger partial charge < -0.3 is 30.2 Å². The first kappa shape index (κ1) is 41.5. The maximum absolute atomic E-state index is 12.8. The first-order valence-electron chi connectivity index (χ1n) is 15.7. The fourth-order valence-electron chi connectivity index (χ4n) is 4.23. The Morgan fingerprint density at radius 3 is 1.30 bits per heavy atom. The van der Waals surface area contributed by atoms with E-state index in [0.717, 1.165) is 38.8 Å². The van der Waals surface area contributed by atoms with Gasteiger partial charge in [0.05, 0.1) is 26.4 Å². The van der Waals surface area contributed by atoms with Gasteiger partial charge in [0.25, 0.3) is 0 Å². The van der Waals surface area contributed by atoms with Crippen molar-refractivity contribution in [2.45, 2.75) is 106 Å². The number of carbonyl (C=O) groups excluding carboxylic acids is 2. The Morgan fingerprint density at radius 1 is 0.575 bits per heavy atom. The summed E-state index contributed by atoms with van der Waals surface area (Å²) in [6.45, 7) is 18.3. The van der Waals surface area contributed by atoms with Crippen LogP contribution in [-0.4, -0.2) is 101 Å². The second-order valence-electron chi connectivity index (χ2n) is 11.1. The molecular weight excluding hydrogens is 503 g/mol. The van der Waals surface area contributed by atoms with E-state index >= 15 is 0 Å². The quantitative estimate of drug-likeness (QED) is 0.107. The van der Waals surface area contributed by atoms with E-state index in [9.17, 15) is 9.59 Å². The molecule has 8 nitrogen and oxygen atoms in total. The molecule has 0 heterocycles. The summed E-state index contributed by atoms with van der Waals surface area (Å²) in [7, 11) is 0. The Balaban J connectivity index is -0.00000722. The summed E-state index contributed by atoms with van der Waals surface area (Å²) in [5, 5.41) is 0. The largest absolute Gasteiger partial charge is 1.00 e. The summed E-state index contributed by atoms with van der Waals surface area (Å²) in [5.41, 5.74) is -0.312. The Labute approximate surface area is 260 Å². The van der Waals surface area contributed by atoms with Crippen LogP contribution >= 0.6 is 0 Å². The number of ether oxygens (including phenoxy) is 4. The van der Waals surface area contributed by atoms with E-state index in [1.807, 2.05) is 37.5 Å². The van der Waals surface area contributed by atoms with Crippen molar-refractivity contribution in [1.82, 2.24) is 9.80 Å². The molecule has 0 bridgehead atoms. The standard InChI is InChI=1S/C31H62N2O6.Li.H/c1-7-11-13-15-17-19-32(21-23-36-9-3)29(34)25-38-27-31(5,6)28-39-26-30(35)33(22-24-37-10-4)20-18-16-14-12-8-2;;/h7-28H2,1-6H3;;/q;+1;-1. The van der Waals surface area contributed by atoms with E-state index < -0.39 is 0 Å². The van der Waals surface area contributed by atoms with Gasteiger partial charge in [0.1, 0.15) is 13.2 Å². The van der Waals surface area contributed by atoms with Gasteiger partial charge in [0, 0.05) is 44.8 Å². The van der Waals surface area contributed by atoms with Crippen molar-refractivity contribution in [2.24, 2.45) is 5.41 Å². The second-order valence-corrected chi connectivity index (χ2v) is 11.1. The number of nitrogens with zero attached hydrogens (tertiary/aromatic N) is 2. The molecule has 0 atom stereocenters.